The molecule has 0 saturated carbocycles. The molecule has 1 amide bonds. The quantitative estimate of drug-likeness (QED) is 0.903. The summed E-state index contributed by atoms with van der Waals surface area (Å²) in [5, 5.41) is 4.51. The summed E-state index contributed by atoms with van der Waals surface area (Å²) >= 11 is 6.99. The Morgan fingerprint density at radius 1 is 1.55 bits per heavy atom. The molecule has 6 nitrogen and oxygen atoms in total. The number of carbonyl (C=O) groups is 1. The molecule has 0 spiro atoms. The molecule has 2 rings (SSSR count). The molecule has 2 heterocycles. The molecule has 0 aliphatic carbocycles. The first-order valence-corrected chi connectivity index (χ1v) is 7.20. The average Bonchev–Trinajstić information content (AvgIpc) is 2.82. The molecule has 0 aliphatic heterocycles. The Kier molecular flexibility index (Phi) is 4.51. The van der Waals surface area contributed by atoms with E-state index in [9.17, 15) is 9.59 Å². The largest absolute Gasteiger partial charge is 0.345 e. The van der Waals surface area contributed by atoms with E-state index in [1.807, 2.05) is 13.8 Å². The van der Waals surface area contributed by atoms with Gasteiger partial charge in [0.05, 0.1) is 17.8 Å². The van der Waals surface area contributed by atoms with Gasteiger partial charge in [0.2, 0.25) is 0 Å². The van der Waals surface area contributed by atoms with Crippen LogP contribution >= 0.6 is 22.9 Å². The molecule has 8 heteroatoms. The van der Waals surface area contributed by atoms with E-state index < -0.39 is 5.91 Å². The van der Waals surface area contributed by atoms with E-state index >= 15 is 0 Å². The number of rotatable bonds is 4. The van der Waals surface area contributed by atoms with Crippen LogP contribution in [0.15, 0.2) is 16.4 Å². The second-order valence-electron chi connectivity index (χ2n) is 4.44. The number of amides is 1. The van der Waals surface area contributed by atoms with Crippen LogP contribution < -0.4 is 10.2 Å². The van der Waals surface area contributed by atoms with Gasteiger partial charge < -0.3 is 10.3 Å². The average molecular weight is 313 g/mol. The van der Waals surface area contributed by atoms with Crippen LogP contribution in [0.2, 0.25) is 5.02 Å². The van der Waals surface area contributed by atoms with Crippen molar-refractivity contribution in [1.82, 2.24) is 20.3 Å². The minimum Gasteiger partial charge on any atom is -0.345 e. The molecule has 0 atom stereocenters. The van der Waals surface area contributed by atoms with Crippen LogP contribution in [-0.2, 0) is 6.54 Å². The molecule has 106 valence electrons. The van der Waals surface area contributed by atoms with Crippen LogP contribution in [0.5, 0.6) is 0 Å². The Morgan fingerprint density at radius 3 is 2.90 bits per heavy atom. The highest BCUT2D eigenvalue weighted by Gasteiger charge is 2.15. The van der Waals surface area contributed by atoms with Crippen molar-refractivity contribution in [2.45, 2.75) is 26.3 Å². The maximum absolute atomic E-state index is 12.0. The molecule has 2 N–H and O–H groups in total. The number of thiazole rings is 1. The highest BCUT2D eigenvalue weighted by molar-refractivity contribution is 7.07. The van der Waals surface area contributed by atoms with Crippen molar-refractivity contribution >= 4 is 28.8 Å². The predicted octanol–water partition coefficient (Wildman–Crippen LogP) is 1.93. The van der Waals surface area contributed by atoms with E-state index in [0.29, 0.717) is 11.5 Å². The lowest BCUT2D eigenvalue weighted by Crippen LogP contribution is -2.25. The zero-order chi connectivity index (χ0) is 14.7. The lowest BCUT2D eigenvalue weighted by Gasteiger charge is -2.08. The summed E-state index contributed by atoms with van der Waals surface area (Å²) in [4.78, 5) is 33.7. The predicted molar refractivity (Wildman–Crippen MR) is 77.2 cm³/mol. The number of nitrogens with one attached hydrogen (secondary N) is 2. The summed E-state index contributed by atoms with van der Waals surface area (Å²) < 4.78 is 0. The third-order valence-corrected chi connectivity index (χ3v) is 3.50. The lowest BCUT2D eigenvalue weighted by atomic mass is 10.2. The first-order chi connectivity index (χ1) is 9.47. The smallest absolute Gasteiger partial charge is 0.304 e. The lowest BCUT2D eigenvalue weighted by molar-refractivity contribution is 0.0945. The molecule has 0 fully saturated rings. The molecule has 0 aliphatic rings. The Hall–Kier alpha value is -1.73. The van der Waals surface area contributed by atoms with Gasteiger partial charge in [-0.1, -0.05) is 36.8 Å². The van der Waals surface area contributed by atoms with Crippen molar-refractivity contribution in [2.24, 2.45) is 0 Å². The maximum atomic E-state index is 12.0. The van der Waals surface area contributed by atoms with E-state index in [2.05, 4.69) is 20.3 Å². The van der Waals surface area contributed by atoms with Crippen molar-refractivity contribution in [2.75, 3.05) is 0 Å². The van der Waals surface area contributed by atoms with E-state index in [1.54, 1.807) is 5.38 Å². The molecule has 0 radical (unpaired) electrons. The highest BCUT2D eigenvalue weighted by atomic mass is 35.5. The summed E-state index contributed by atoms with van der Waals surface area (Å²) in [6.07, 6.45) is 1.42. The number of hydrogen-bond donors (Lipinski definition) is 2. The SMILES string of the molecule is CC(C)c1ncc(Cl)c(C(=O)NCc2csc(=O)[nH]2)n1. The molecule has 0 unspecified atom stereocenters. The Balaban J connectivity index is 2.12. The monoisotopic (exact) mass is 312 g/mol. The standard InChI is InChI=1S/C12H13ClN4O2S/c1-6(2)10-14-4-8(13)9(17-10)11(18)15-3-7-5-20-12(19)16-7/h4-6H,3H2,1-2H3,(H,15,18)(H,16,19). The van der Waals surface area contributed by atoms with Gasteiger partial charge in [0.1, 0.15) is 11.5 Å². The van der Waals surface area contributed by atoms with Crippen molar-refractivity contribution in [1.29, 1.82) is 0 Å². The maximum Gasteiger partial charge on any atom is 0.304 e. The van der Waals surface area contributed by atoms with Gasteiger partial charge in [0, 0.05) is 17.0 Å². The Labute approximate surface area is 124 Å². The van der Waals surface area contributed by atoms with Crippen molar-refractivity contribution in [3.63, 3.8) is 0 Å². The van der Waals surface area contributed by atoms with Crippen molar-refractivity contribution in [3.8, 4) is 0 Å². The normalized spacial score (nSPS) is 10.8. The first kappa shape index (κ1) is 14.7. The van der Waals surface area contributed by atoms with Crippen LogP contribution in [0.1, 0.15) is 41.8 Å². The fraction of sp³-hybridized carbons (Fsp3) is 0.333. The van der Waals surface area contributed by atoms with E-state index in [4.69, 9.17) is 11.6 Å². The molecular weight excluding hydrogens is 300 g/mol. The van der Waals surface area contributed by atoms with Gasteiger partial charge in [0.15, 0.2) is 0 Å². The van der Waals surface area contributed by atoms with E-state index in [-0.39, 0.29) is 28.1 Å². The molecule has 0 bridgehead atoms. The molecule has 20 heavy (non-hydrogen) atoms. The number of aromatic nitrogens is 3. The fourth-order valence-electron chi connectivity index (χ4n) is 1.48. The number of aromatic amines is 1. The minimum absolute atomic E-state index is 0.104. The number of H-pyrrole nitrogens is 1. The van der Waals surface area contributed by atoms with Gasteiger partial charge in [-0.2, -0.15) is 0 Å². The molecular formula is C12H13ClN4O2S. The fourth-order valence-corrected chi connectivity index (χ4v) is 2.24. The van der Waals surface area contributed by atoms with Crippen LogP contribution in [0, 0.1) is 0 Å². The van der Waals surface area contributed by atoms with E-state index in [0.717, 1.165) is 11.3 Å². The number of halogens is 1. The van der Waals surface area contributed by atoms with Crippen LogP contribution in [0.3, 0.4) is 0 Å². The first-order valence-electron chi connectivity index (χ1n) is 5.94. The van der Waals surface area contributed by atoms with Crippen molar-refractivity contribution in [3.05, 3.63) is 43.5 Å². The molecule has 0 aromatic carbocycles. The van der Waals surface area contributed by atoms with Crippen LogP contribution in [0.25, 0.3) is 0 Å². The van der Waals surface area contributed by atoms with Gasteiger partial charge in [-0.25, -0.2) is 9.97 Å². The summed E-state index contributed by atoms with van der Waals surface area (Å²) in [5.74, 6) is 0.266. The zero-order valence-electron chi connectivity index (χ0n) is 10.9. The Bertz CT molecular complexity index is 680. The van der Waals surface area contributed by atoms with Gasteiger partial charge in [-0.15, -0.1) is 0 Å². The minimum atomic E-state index is -0.397. The third-order valence-electron chi connectivity index (χ3n) is 2.50. The topological polar surface area (TPSA) is 87.7 Å². The van der Waals surface area contributed by atoms with Gasteiger partial charge in [-0.3, -0.25) is 9.59 Å². The third kappa shape index (κ3) is 3.43. The second-order valence-corrected chi connectivity index (χ2v) is 5.68. The highest BCUT2D eigenvalue weighted by Crippen LogP contribution is 2.16. The number of hydrogen-bond acceptors (Lipinski definition) is 5. The van der Waals surface area contributed by atoms with Gasteiger partial charge >= 0.3 is 4.87 Å². The number of nitrogens with zero attached hydrogens (tertiary/aromatic N) is 2. The zero-order valence-corrected chi connectivity index (χ0v) is 12.5. The number of carbonyl (C=O) groups excluding carboxylic acids is 1. The van der Waals surface area contributed by atoms with Crippen LogP contribution in [-0.4, -0.2) is 20.9 Å². The summed E-state index contributed by atoms with van der Waals surface area (Å²) in [7, 11) is 0. The second kappa shape index (κ2) is 6.15. The van der Waals surface area contributed by atoms with Crippen LogP contribution in [0.4, 0.5) is 0 Å². The molecule has 0 saturated heterocycles. The molecule has 2 aromatic heterocycles. The molecule has 2 aromatic rings. The summed E-state index contributed by atoms with van der Waals surface area (Å²) in [6, 6.07) is 0. The Morgan fingerprint density at radius 2 is 2.30 bits per heavy atom. The summed E-state index contributed by atoms with van der Waals surface area (Å²) in [5.41, 5.74) is 0.783. The summed E-state index contributed by atoms with van der Waals surface area (Å²) in [6.45, 7) is 4.08. The van der Waals surface area contributed by atoms with E-state index in [1.165, 1.54) is 6.20 Å². The van der Waals surface area contributed by atoms with Crippen molar-refractivity contribution < 1.29 is 4.79 Å². The van der Waals surface area contributed by atoms with Gasteiger partial charge in [-0.05, 0) is 0 Å². The van der Waals surface area contributed by atoms with Gasteiger partial charge in [0.25, 0.3) is 5.91 Å².